The molecule has 102 valence electrons. The number of nitrogens with one attached hydrogen (secondary N) is 1. The standard InChI is InChI=1S/C12H17F2NO3/c1-15-4-3-10(16)11(17)7-5-8(13)12(18-2)9(14)6-7/h5-6,10-11,15-17H,3-4H2,1-2H3. The molecule has 0 saturated carbocycles. The highest BCUT2D eigenvalue weighted by atomic mass is 19.1. The molecule has 0 aromatic heterocycles. The van der Waals surface area contributed by atoms with Gasteiger partial charge in [0, 0.05) is 0 Å². The van der Waals surface area contributed by atoms with Gasteiger partial charge < -0.3 is 20.3 Å². The molecule has 4 nitrogen and oxygen atoms in total. The lowest BCUT2D eigenvalue weighted by atomic mass is 10.0. The van der Waals surface area contributed by atoms with Crippen molar-refractivity contribution in [2.45, 2.75) is 18.6 Å². The zero-order valence-corrected chi connectivity index (χ0v) is 10.3. The van der Waals surface area contributed by atoms with E-state index in [1.54, 1.807) is 7.05 Å². The minimum absolute atomic E-state index is 0.0191. The molecule has 1 aromatic rings. The summed E-state index contributed by atoms with van der Waals surface area (Å²) < 4.78 is 31.4. The molecule has 2 unspecified atom stereocenters. The molecule has 1 aromatic carbocycles. The average molecular weight is 261 g/mol. The van der Waals surface area contributed by atoms with Crippen molar-refractivity contribution in [2.24, 2.45) is 0 Å². The topological polar surface area (TPSA) is 61.7 Å². The van der Waals surface area contributed by atoms with Crippen molar-refractivity contribution in [1.82, 2.24) is 5.32 Å². The van der Waals surface area contributed by atoms with Crippen molar-refractivity contribution in [3.63, 3.8) is 0 Å². The van der Waals surface area contributed by atoms with Gasteiger partial charge in [0.25, 0.3) is 0 Å². The first-order valence-electron chi connectivity index (χ1n) is 5.55. The quantitative estimate of drug-likeness (QED) is 0.714. The first-order chi connectivity index (χ1) is 8.51. The lowest BCUT2D eigenvalue weighted by molar-refractivity contribution is 0.0136. The maximum Gasteiger partial charge on any atom is 0.190 e. The molecule has 2 atom stereocenters. The highest BCUT2D eigenvalue weighted by Gasteiger charge is 2.21. The summed E-state index contributed by atoms with van der Waals surface area (Å²) in [5.41, 5.74) is -0.0191. The van der Waals surface area contributed by atoms with E-state index in [9.17, 15) is 19.0 Å². The first-order valence-corrected chi connectivity index (χ1v) is 5.55. The number of methoxy groups -OCH3 is 1. The summed E-state index contributed by atoms with van der Waals surface area (Å²) in [6.45, 7) is 0.485. The van der Waals surface area contributed by atoms with Crippen LogP contribution in [0.3, 0.4) is 0 Å². The summed E-state index contributed by atoms with van der Waals surface area (Å²) in [7, 11) is 2.85. The fraction of sp³-hybridized carbons (Fsp3) is 0.500. The molecule has 0 spiro atoms. The number of hydrogen-bond donors (Lipinski definition) is 3. The molecule has 0 aliphatic carbocycles. The molecule has 0 bridgehead atoms. The van der Waals surface area contributed by atoms with E-state index in [1.165, 1.54) is 0 Å². The zero-order chi connectivity index (χ0) is 13.7. The van der Waals surface area contributed by atoms with Crippen molar-refractivity contribution in [3.05, 3.63) is 29.3 Å². The molecule has 18 heavy (non-hydrogen) atoms. The molecule has 0 amide bonds. The summed E-state index contributed by atoms with van der Waals surface area (Å²) >= 11 is 0. The van der Waals surface area contributed by atoms with E-state index in [4.69, 9.17) is 0 Å². The predicted octanol–water partition coefficient (Wildman–Crippen LogP) is 0.977. The van der Waals surface area contributed by atoms with E-state index in [0.717, 1.165) is 19.2 Å². The molecule has 1 rings (SSSR count). The monoisotopic (exact) mass is 261 g/mol. The number of rotatable bonds is 6. The summed E-state index contributed by atoms with van der Waals surface area (Å²) in [5.74, 6) is -2.32. The van der Waals surface area contributed by atoms with Crippen LogP contribution in [0, 0.1) is 11.6 Å². The Morgan fingerprint density at radius 3 is 2.28 bits per heavy atom. The molecule has 0 aliphatic rings. The van der Waals surface area contributed by atoms with E-state index in [-0.39, 0.29) is 12.0 Å². The molecule has 0 aliphatic heterocycles. The van der Waals surface area contributed by atoms with E-state index in [0.29, 0.717) is 6.54 Å². The molecular formula is C12H17F2NO3. The first kappa shape index (κ1) is 14.8. The van der Waals surface area contributed by atoms with Crippen molar-refractivity contribution < 1.29 is 23.7 Å². The van der Waals surface area contributed by atoms with Crippen LogP contribution >= 0.6 is 0 Å². The van der Waals surface area contributed by atoms with Gasteiger partial charge in [0.05, 0.1) is 13.2 Å². The van der Waals surface area contributed by atoms with Crippen LogP contribution in [0.2, 0.25) is 0 Å². The fourth-order valence-corrected chi connectivity index (χ4v) is 1.62. The van der Waals surface area contributed by atoms with E-state index in [1.807, 2.05) is 0 Å². The van der Waals surface area contributed by atoms with Crippen LogP contribution in [-0.4, -0.2) is 37.0 Å². The van der Waals surface area contributed by atoms with Crippen molar-refractivity contribution in [3.8, 4) is 5.75 Å². The van der Waals surface area contributed by atoms with E-state index >= 15 is 0 Å². The van der Waals surface area contributed by atoms with Gasteiger partial charge in [-0.2, -0.15) is 0 Å². The third-order valence-corrected chi connectivity index (χ3v) is 2.62. The number of benzene rings is 1. The van der Waals surface area contributed by atoms with Crippen molar-refractivity contribution in [2.75, 3.05) is 20.7 Å². The van der Waals surface area contributed by atoms with Crippen LogP contribution in [0.1, 0.15) is 18.1 Å². The van der Waals surface area contributed by atoms with Gasteiger partial charge >= 0.3 is 0 Å². The van der Waals surface area contributed by atoms with Crippen LogP contribution in [-0.2, 0) is 0 Å². The summed E-state index contributed by atoms with van der Waals surface area (Å²) in [4.78, 5) is 0. The maximum atomic E-state index is 13.4. The molecule has 3 N–H and O–H groups in total. The van der Waals surface area contributed by atoms with Gasteiger partial charge in [-0.1, -0.05) is 0 Å². The third-order valence-electron chi connectivity index (χ3n) is 2.62. The smallest absolute Gasteiger partial charge is 0.190 e. The number of ether oxygens (including phenoxy) is 1. The highest BCUT2D eigenvalue weighted by Crippen LogP contribution is 2.27. The Hall–Kier alpha value is -1.24. The van der Waals surface area contributed by atoms with Gasteiger partial charge in [0.15, 0.2) is 17.4 Å². The molecule has 6 heteroatoms. The Labute approximate surface area is 104 Å². The predicted molar refractivity (Wildman–Crippen MR) is 62.4 cm³/mol. The second-order valence-electron chi connectivity index (χ2n) is 3.92. The second kappa shape index (κ2) is 6.63. The van der Waals surface area contributed by atoms with E-state index in [2.05, 4.69) is 10.1 Å². The third kappa shape index (κ3) is 3.38. The molecule has 0 radical (unpaired) electrons. The van der Waals surface area contributed by atoms with E-state index < -0.39 is 29.6 Å². The number of aliphatic hydroxyl groups excluding tert-OH is 2. The minimum Gasteiger partial charge on any atom is -0.491 e. The summed E-state index contributed by atoms with van der Waals surface area (Å²) in [6.07, 6.45) is -2.16. The molecular weight excluding hydrogens is 244 g/mol. The van der Waals surface area contributed by atoms with Crippen molar-refractivity contribution >= 4 is 0 Å². The summed E-state index contributed by atoms with van der Waals surface area (Å²) in [6, 6.07) is 1.91. The van der Waals surface area contributed by atoms with Gasteiger partial charge in [0.1, 0.15) is 6.10 Å². The van der Waals surface area contributed by atoms with Crippen LogP contribution in [0.25, 0.3) is 0 Å². The van der Waals surface area contributed by atoms with Crippen LogP contribution in [0.15, 0.2) is 12.1 Å². The lowest BCUT2D eigenvalue weighted by Crippen LogP contribution is -2.23. The average Bonchev–Trinajstić information content (AvgIpc) is 2.34. The van der Waals surface area contributed by atoms with Crippen LogP contribution in [0.4, 0.5) is 8.78 Å². The fourth-order valence-electron chi connectivity index (χ4n) is 1.62. The number of halogens is 2. The molecule has 0 fully saturated rings. The number of aliphatic hydroxyl groups is 2. The maximum absolute atomic E-state index is 13.4. The van der Waals surface area contributed by atoms with Crippen LogP contribution < -0.4 is 10.1 Å². The molecule has 0 saturated heterocycles. The SMILES string of the molecule is CNCCC(O)C(O)c1cc(F)c(OC)c(F)c1. The highest BCUT2D eigenvalue weighted by molar-refractivity contribution is 5.32. The Morgan fingerprint density at radius 1 is 1.28 bits per heavy atom. The van der Waals surface area contributed by atoms with Gasteiger partial charge in [-0.05, 0) is 37.7 Å². The molecule has 0 heterocycles. The Morgan fingerprint density at radius 2 is 1.83 bits per heavy atom. The van der Waals surface area contributed by atoms with Gasteiger partial charge in [0.2, 0.25) is 0 Å². The Balaban J connectivity index is 2.89. The summed E-state index contributed by atoms with van der Waals surface area (Å²) in [5, 5.41) is 22.2. The Kier molecular flexibility index (Phi) is 5.46. The van der Waals surface area contributed by atoms with Gasteiger partial charge in [-0.3, -0.25) is 0 Å². The lowest BCUT2D eigenvalue weighted by Gasteiger charge is -2.18. The zero-order valence-electron chi connectivity index (χ0n) is 10.3. The largest absolute Gasteiger partial charge is 0.491 e. The number of hydrogen-bond acceptors (Lipinski definition) is 4. The van der Waals surface area contributed by atoms with Crippen molar-refractivity contribution in [1.29, 1.82) is 0 Å². The second-order valence-corrected chi connectivity index (χ2v) is 3.92. The van der Waals surface area contributed by atoms with Gasteiger partial charge in [-0.15, -0.1) is 0 Å². The minimum atomic E-state index is -1.34. The van der Waals surface area contributed by atoms with Gasteiger partial charge in [-0.25, -0.2) is 8.78 Å². The normalized spacial score (nSPS) is 14.3. The Bertz CT molecular complexity index is 378. The van der Waals surface area contributed by atoms with Crippen LogP contribution in [0.5, 0.6) is 5.75 Å².